The van der Waals surface area contributed by atoms with Crippen LogP contribution in [0.2, 0.25) is 39.3 Å². The van der Waals surface area contributed by atoms with Gasteiger partial charge in [-0.2, -0.15) is 0 Å². The van der Waals surface area contributed by atoms with Gasteiger partial charge in [-0.1, -0.05) is 161 Å². The number of benzene rings is 6. The van der Waals surface area contributed by atoms with Crippen molar-refractivity contribution in [1.82, 2.24) is 0 Å². The van der Waals surface area contributed by atoms with E-state index in [-0.39, 0.29) is 0 Å². The molecule has 0 radical (unpaired) electrons. The summed E-state index contributed by atoms with van der Waals surface area (Å²) in [5, 5.41) is 9.45. The van der Waals surface area contributed by atoms with Crippen LogP contribution >= 0.6 is 0 Å². The quantitative estimate of drug-likeness (QED) is 0.175. The zero-order chi connectivity index (χ0) is 30.9. The highest BCUT2D eigenvalue weighted by atomic mass is 28.3. The average Bonchev–Trinajstić information content (AvgIpc) is 3.53. The van der Waals surface area contributed by atoms with Crippen LogP contribution in [0.4, 0.5) is 0 Å². The van der Waals surface area contributed by atoms with E-state index < -0.39 is 24.2 Å². The van der Waals surface area contributed by atoms with Crippen molar-refractivity contribution >= 4 is 55.3 Å². The van der Waals surface area contributed by atoms with Crippen LogP contribution in [0.25, 0.3) is 55.6 Å². The first kappa shape index (κ1) is 27.3. The fourth-order valence-electron chi connectivity index (χ4n) is 8.86. The summed E-state index contributed by atoms with van der Waals surface area (Å²) in [6.45, 7) is 15.1. The lowest BCUT2D eigenvalue weighted by Crippen LogP contribution is -2.49. The van der Waals surface area contributed by atoms with Crippen molar-refractivity contribution in [1.29, 1.82) is 0 Å². The maximum absolute atomic E-state index is 2.55. The molecule has 0 N–H and O–H groups in total. The molecule has 0 unspecified atom stereocenters. The Morgan fingerprint density at radius 2 is 0.511 bits per heavy atom. The monoisotopic (exact) mass is 626 g/mol. The molecule has 3 aliphatic heterocycles. The van der Waals surface area contributed by atoms with Crippen LogP contribution in [0, 0.1) is 0 Å². The molecule has 6 aromatic carbocycles. The molecule has 0 bridgehead atoms. The predicted octanol–water partition coefficient (Wildman–Crippen LogP) is 7.43. The van der Waals surface area contributed by atoms with Gasteiger partial charge in [-0.05, 0) is 86.8 Å². The maximum atomic E-state index is 2.55. The molecule has 0 saturated carbocycles. The smallest absolute Gasteiger partial charge is 0.0623 e. The summed E-state index contributed by atoms with van der Waals surface area (Å²) in [6, 6.07) is 47.3. The lowest BCUT2D eigenvalue weighted by atomic mass is 9.96. The molecule has 0 aliphatic carbocycles. The molecule has 0 amide bonds. The van der Waals surface area contributed by atoms with E-state index in [4.69, 9.17) is 0 Å². The molecule has 3 heterocycles. The molecule has 0 nitrogen and oxygen atoms in total. The van der Waals surface area contributed by atoms with Gasteiger partial charge < -0.3 is 0 Å². The van der Waals surface area contributed by atoms with Gasteiger partial charge in [0.15, 0.2) is 0 Å². The van der Waals surface area contributed by atoms with Gasteiger partial charge in [-0.25, -0.2) is 0 Å². The Labute approximate surface area is 270 Å². The van der Waals surface area contributed by atoms with Gasteiger partial charge in [0, 0.05) is 0 Å². The van der Waals surface area contributed by atoms with E-state index in [1.54, 1.807) is 31.1 Å². The Balaban J connectivity index is 1.10. The SMILES string of the molecule is C[Si]1(C)c2ccccc2-c2ccc(-c3ccc4c(c3)[Si](C)(C)c3cc(-c5ccc6c(c5)[Si](C)(C)c5ccccc5-6)ccc3-4)cc21. The average molecular weight is 627 g/mol. The van der Waals surface area contributed by atoms with Crippen molar-refractivity contribution in [3.63, 3.8) is 0 Å². The van der Waals surface area contributed by atoms with Crippen molar-refractivity contribution in [2.75, 3.05) is 0 Å². The number of fused-ring (bicyclic) bond motifs is 9. The molecule has 0 atom stereocenters. The number of hydrogen-bond acceptors (Lipinski definition) is 0. The highest BCUT2D eigenvalue weighted by Gasteiger charge is 2.40. The standard InChI is InChI=1S/C42H38Si3/c1-43(2)37-13-9-7-11-31(37)33-19-15-27(23-39(33)43)29-17-21-35-36-22-18-30(26-42(36)45(5,6)41(35)25-29)28-16-20-34-32-12-8-10-14-38(32)44(3,4)40(34)24-28/h7-26H,1-6H3. The Bertz CT molecular complexity index is 2090. The van der Waals surface area contributed by atoms with E-state index in [1.807, 2.05) is 0 Å². The minimum atomic E-state index is -1.89. The van der Waals surface area contributed by atoms with E-state index in [0.29, 0.717) is 0 Å². The van der Waals surface area contributed by atoms with Crippen LogP contribution in [-0.2, 0) is 0 Å². The largest absolute Gasteiger partial charge is 0.113 e. The van der Waals surface area contributed by atoms with Crippen molar-refractivity contribution in [2.45, 2.75) is 39.3 Å². The molecule has 0 saturated heterocycles. The minimum absolute atomic E-state index is 1.36. The topological polar surface area (TPSA) is 0 Å². The fraction of sp³-hybridized carbons (Fsp3) is 0.143. The van der Waals surface area contributed by atoms with Crippen molar-refractivity contribution in [3.8, 4) is 55.6 Å². The summed E-state index contributed by atoms with van der Waals surface area (Å²) in [5.74, 6) is 0. The van der Waals surface area contributed by atoms with E-state index in [1.165, 1.54) is 55.6 Å². The highest BCUT2D eigenvalue weighted by molar-refractivity contribution is 7.05. The molecule has 3 aliphatic rings. The van der Waals surface area contributed by atoms with Crippen LogP contribution in [0.1, 0.15) is 0 Å². The molecule has 0 aromatic heterocycles. The van der Waals surface area contributed by atoms with Gasteiger partial charge in [0.25, 0.3) is 0 Å². The van der Waals surface area contributed by atoms with Gasteiger partial charge in [0.1, 0.15) is 24.2 Å². The highest BCUT2D eigenvalue weighted by Crippen LogP contribution is 2.36. The Morgan fingerprint density at radius 3 is 0.822 bits per heavy atom. The van der Waals surface area contributed by atoms with Gasteiger partial charge >= 0.3 is 0 Å². The lowest BCUT2D eigenvalue weighted by Gasteiger charge is -2.22. The van der Waals surface area contributed by atoms with Crippen LogP contribution < -0.4 is 31.1 Å². The molecular weight excluding hydrogens is 589 g/mol. The van der Waals surface area contributed by atoms with Crippen LogP contribution in [0.15, 0.2) is 121 Å². The summed E-state index contributed by atoms with van der Waals surface area (Å²) >= 11 is 0. The third-order valence-electron chi connectivity index (χ3n) is 11.5. The van der Waals surface area contributed by atoms with E-state index >= 15 is 0 Å². The van der Waals surface area contributed by atoms with Gasteiger partial charge in [-0.15, -0.1) is 0 Å². The normalized spacial score (nSPS) is 16.8. The van der Waals surface area contributed by atoms with E-state index in [2.05, 4.69) is 161 Å². The van der Waals surface area contributed by atoms with Crippen LogP contribution in [-0.4, -0.2) is 24.2 Å². The lowest BCUT2D eigenvalue weighted by molar-refractivity contribution is 1.63. The van der Waals surface area contributed by atoms with Crippen molar-refractivity contribution < 1.29 is 0 Å². The molecule has 0 spiro atoms. The predicted molar refractivity (Wildman–Crippen MR) is 204 cm³/mol. The summed E-state index contributed by atoms with van der Waals surface area (Å²) in [6.07, 6.45) is 0. The summed E-state index contributed by atoms with van der Waals surface area (Å²) in [4.78, 5) is 0. The second-order valence-corrected chi connectivity index (χ2v) is 28.0. The van der Waals surface area contributed by atoms with E-state index in [9.17, 15) is 0 Å². The van der Waals surface area contributed by atoms with Gasteiger partial charge in [0.2, 0.25) is 0 Å². The minimum Gasteiger partial charge on any atom is -0.0623 e. The Morgan fingerprint density at radius 1 is 0.267 bits per heavy atom. The first-order valence-corrected chi connectivity index (χ1v) is 25.4. The summed E-state index contributed by atoms with van der Waals surface area (Å²) in [5.41, 5.74) is 14.1. The third-order valence-corrected chi connectivity index (χ3v) is 22.1. The second kappa shape index (κ2) is 9.03. The van der Waals surface area contributed by atoms with E-state index in [0.717, 1.165) is 0 Å². The Hall–Kier alpha value is -4.03. The Kier molecular flexibility index (Phi) is 5.48. The second-order valence-electron chi connectivity index (χ2n) is 15.0. The van der Waals surface area contributed by atoms with Crippen molar-refractivity contribution in [2.24, 2.45) is 0 Å². The first-order valence-electron chi connectivity index (χ1n) is 16.4. The van der Waals surface area contributed by atoms with Gasteiger partial charge in [0.05, 0.1) is 0 Å². The molecule has 0 fully saturated rings. The molecular formula is C42H38Si3. The zero-order valence-corrected chi connectivity index (χ0v) is 30.0. The third kappa shape index (κ3) is 3.63. The number of hydrogen-bond donors (Lipinski definition) is 0. The number of rotatable bonds is 2. The first-order chi connectivity index (χ1) is 21.6. The zero-order valence-electron chi connectivity index (χ0n) is 27.0. The summed E-state index contributed by atoms with van der Waals surface area (Å²) < 4.78 is 0. The van der Waals surface area contributed by atoms with Crippen LogP contribution in [0.3, 0.4) is 0 Å². The van der Waals surface area contributed by atoms with Crippen LogP contribution in [0.5, 0.6) is 0 Å². The molecule has 9 rings (SSSR count). The molecule has 6 aromatic rings. The molecule has 3 heteroatoms. The fourth-order valence-corrected chi connectivity index (χ4v) is 18.2. The van der Waals surface area contributed by atoms with Crippen molar-refractivity contribution in [3.05, 3.63) is 121 Å². The maximum Gasteiger partial charge on any atom is 0.113 e. The molecule has 218 valence electrons. The molecule has 45 heavy (non-hydrogen) atoms. The summed E-state index contributed by atoms with van der Waals surface area (Å²) in [7, 11) is -5.31. The van der Waals surface area contributed by atoms with Gasteiger partial charge in [-0.3, -0.25) is 0 Å².